The lowest BCUT2D eigenvalue weighted by atomic mass is 10.2. The topological polar surface area (TPSA) is 12.0 Å². The second-order valence-corrected chi connectivity index (χ2v) is 5.96. The van der Waals surface area contributed by atoms with Crippen molar-refractivity contribution in [3.63, 3.8) is 0 Å². The van der Waals surface area contributed by atoms with Gasteiger partial charge in [-0.25, -0.2) is 0 Å². The van der Waals surface area contributed by atoms with Gasteiger partial charge in [-0.15, -0.1) is 11.8 Å². The van der Waals surface area contributed by atoms with Gasteiger partial charge in [0, 0.05) is 27.2 Å². The molecule has 0 aliphatic carbocycles. The molecule has 100 valence electrons. The summed E-state index contributed by atoms with van der Waals surface area (Å²) in [4.78, 5) is 1.20. The Kier molecular flexibility index (Phi) is 5.59. The molecule has 0 bridgehead atoms. The zero-order valence-electron chi connectivity index (χ0n) is 10.6. The SMILES string of the molecule is CNCc1c(Cl)cccc1SCc1ccccc1Cl. The second-order valence-electron chi connectivity index (χ2n) is 4.13. The fourth-order valence-corrected chi connectivity index (χ4v) is 3.47. The van der Waals surface area contributed by atoms with Crippen molar-refractivity contribution in [2.24, 2.45) is 0 Å². The zero-order chi connectivity index (χ0) is 13.7. The van der Waals surface area contributed by atoms with Crippen LogP contribution in [0, 0.1) is 0 Å². The third-order valence-electron chi connectivity index (χ3n) is 2.77. The van der Waals surface area contributed by atoms with Crippen LogP contribution in [0.4, 0.5) is 0 Å². The molecule has 4 heteroatoms. The number of rotatable bonds is 5. The zero-order valence-corrected chi connectivity index (χ0v) is 12.9. The Morgan fingerprint density at radius 1 is 1.00 bits per heavy atom. The predicted molar refractivity (Wildman–Crippen MR) is 85.2 cm³/mol. The van der Waals surface area contributed by atoms with Gasteiger partial charge in [0.2, 0.25) is 0 Å². The second kappa shape index (κ2) is 7.20. The lowest BCUT2D eigenvalue weighted by Gasteiger charge is -2.11. The van der Waals surface area contributed by atoms with E-state index in [0.29, 0.717) is 0 Å². The van der Waals surface area contributed by atoms with Gasteiger partial charge >= 0.3 is 0 Å². The maximum atomic E-state index is 6.24. The molecule has 2 rings (SSSR count). The van der Waals surface area contributed by atoms with Gasteiger partial charge in [-0.2, -0.15) is 0 Å². The molecule has 1 nitrogen and oxygen atoms in total. The normalized spacial score (nSPS) is 10.7. The first-order valence-electron chi connectivity index (χ1n) is 6.00. The van der Waals surface area contributed by atoms with Crippen molar-refractivity contribution >= 4 is 35.0 Å². The smallest absolute Gasteiger partial charge is 0.0462 e. The van der Waals surface area contributed by atoms with Crippen molar-refractivity contribution < 1.29 is 0 Å². The van der Waals surface area contributed by atoms with Gasteiger partial charge in [0.1, 0.15) is 0 Å². The summed E-state index contributed by atoms with van der Waals surface area (Å²) < 4.78 is 0. The summed E-state index contributed by atoms with van der Waals surface area (Å²) in [7, 11) is 1.92. The van der Waals surface area contributed by atoms with Gasteiger partial charge in [0.15, 0.2) is 0 Å². The van der Waals surface area contributed by atoms with E-state index < -0.39 is 0 Å². The quantitative estimate of drug-likeness (QED) is 0.779. The summed E-state index contributed by atoms with van der Waals surface area (Å²) in [5, 5.41) is 4.77. The average Bonchev–Trinajstić information content (AvgIpc) is 2.41. The highest BCUT2D eigenvalue weighted by Gasteiger charge is 2.08. The van der Waals surface area contributed by atoms with Crippen LogP contribution < -0.4 is 5.32 Å². The Bertz CT molecular complexity index is 558. The molecule has 0 fully saturated rings. The largest absolute Gasteiger partial charge is 0.316 e. The molecule has 0 heterocycles. The van der Waals surface area contributed by atoms with Gasteiger partial charge < -0.3 is 5.32 Å². The molecule has 0 unspecified atom stereocenters. The Balaban J connectivity index is 2.16. The van der Waals surface area contributed by atoms with Crippen molar-refractivity contribution in [3.05, 3.63) is 63.6 Å². The standard InChI is InChI=1S/C15H15Cl2NS/c1-18-9-12-14(17)7-4-8-15(12)19-10-11-5-2-3-6-13(11)16/h2-8,18H,9-10H2,1H3. The van der Waals surface area contributed by atoms with Gasteiger partial charge in [0.25, 0.3) is 0 Å². The van der Waals surface area contributed by atoms with Crippen molar-refractivity contribution in [3.8, 4) is 0 Å². The first kappa shape index (κ1) is 14.7. The molecule has 2 aromatic carbocycles. The van der Waals surface area contributed by atoms with Crippen LogP contribution in [0.5, 0.6) is 0 Å². The fraction of sp³-hybridized carbons (Fsp3) is 0.200. The average molecular weight is 312 g/mol. The summed E-state index contributed by atoms with van der Waals surface area (Å²) in [5.74, 6) is 0.844. The van der Waals surface area contributed by atoms with Gasteiger partial charge in [-0.3, -0.25) is 0 Å². The van der Waals surface area contributed by atoms with E-state index in [4.69, 9.17) is 23.2 Å². The summed E-state index contributed by atoms with van der Waals surface area (Å²) >= 11 is 14.2. The highest BCUT2D eigenvalue weighted by Crippen LogP contribution is 2.32. The van der Waals surface area contributed by atoms with Crippen molar-refractivity contribution in [2.75, 3.05) is 7.05 Å². The molecule has 0 aliphatic heterocycles. The van der Waals surface area contributed by atoms with Crippen LogP contribution in [-0.2, 0) is 12.3 Å². The minimum atomic E-state index is 0.768. The summed E-state index contributed by atoms with van der Waals surface area (Å²) in [5.41, 5.74) is 2.29. The number of hydrogen-bond donors (Lipinski definition) is 1. The van der Waals surface area contributed by atoms with Crippen LogP contribution in [0.1, 0.15) is 11.1 Å². The number of thioether (sulfide) groups is 1. The lowest BCUT2D eigenvalue weighted by molar-refractivity contribution is 0.803. The van der Waals surface area contributed by atoms with Crippen molar-refractivity contribution in [1.29, 1.82) is 0 Å². The van der Waals surface area contributed by atoms with Crippen LogP contribution in [-0.4, -0.2) is 7.05 Å². The highest BCUT2D eigenvalue weighted by atomic mass is 35.5. The van der Waals surface area contributed by atoms with Gasteiger partial charge in [0.05, 0.1) is 0 Å². The first-order chi connectivity index (χ1) is 9.22. The van der Waals surface area contributed by atoms with Crippen LogP contribution in [0.2, 0.25) is 10.0 Å². The number of benzene rings is 2. The third kappa shape index (κ3) is 3.90. The molecule has 0 atom stereocenters. The minimum absolute atomic E-state index is 0.768. The molecular weight excluding hydrogens is 297 g/mol. The Labute approximate surface area is 128 Å². The van der Waals surface area contributed by atoms with E-state index in [9.17, 15) is 0 Å². The predicted octanol–water partition coefficient (Wildman–Crippen LogP) is 5.01. The molecular formula is C15H15Cl2NS. The number of halogens is 2. The molecule has 2 aromatic rings. The molecule has 0 aliphatic rings. The lowest BCUT2D eigenvalue weighted by Crippen LogP contribution is -2.06. The molecule has 0 saturated carbocycles. The van der Waals surface area contributed by atoms with E-state index >= 15 is 0 Å². The van der Waals surface area contributed by atoms with E-state index in [1.807, 2.05) is 37.4 Å². The van der Waals surface area contributed by atoms with Crippen molar-refractivity contribution in [1.82, 2.24) is 5.32 Å². The van der Waals surface area contributed by atoms with Crippen molar-refractivity contribution in [2.45, 2.75) is 17.2 Å². The van der Waals surface area contributed by atoms with Crippen LogP contribution in [0.3, 0.4) is 0 Å². The first-order valence-corrected chi connectivity index (χ1v) is 7.74. The highest BCUT2D eigenvalue weighted by molar-refractivity contribution is 7.98. The van der Waals surface area contributed by atoms with E-state index in [0.717, 1.165) is 33.5 Å². The van der Waals surface area contributed by atoms with E-state index in [1.165, 1.54) is 4.90 Å². The molecule has 0 spiro atoms. The fourth-order valence-electron chi connectivity index (χ4n) is 1.79. The van der Waals surface area contributed by atoms with Gasteiger partial charge in [-0.05, 0) is 36.4 Å². The van der Waals surface area contributed by atoms with E-state index in [1.54, 1.807) is 11.8 Å². The number of nitrogens with one attached hydrogen (secondary N) is 1. The number of hydrogen-bond acceptors (Lipinski definition) is 2. The monoisotopic (exact) mass is 311 g/mol. The maximum absolute atomic E-state index is 6.24. The van der Waals surface area contributed by atoms with E-state index in [2.05, 4.69) is 17.4 Å². The summed E-state index contributed by atoms with van der Waals surface area (Å²) in [6.07, 6.45) is 0. The molecule has 0 amide bonds. The Hall–Kier alpha value is -0.670. The molecule has 0 aromatic heterocycles. The van der Waals surface area contributed by atoms with Crippen LogP contribution >= 0.6 is 35.0 Å². The van der Waals surface area contributed by atoms with E-state index in [-0.39, 0.29) is 0 Å². The van der Waals surface area contributed by atoms with Crippen LogP contribution in [0.15, 0.2) is 47.4 Å². The Morgan fingerprint density at radius 2 is 1.74 bits per heavy atom. The molecule has 0 radical (unpaired) electrons. The summed E-state index contributed by atoms with van der Waals surface area (Å²) in [6.45, 7) is 0.768. The minimum Gasteiger partial charge on any atom is -0.316 e. The molecule has 19 heavy (non-hydrogen) atoms. The maximum Gasteiger partial charge on any atom is 0.0462 e. The van der Waals surface area contributed by atoms with Gasteiger partial charge in [-0.1, -0.05) is 47.5 Å². The summed E-state index contributed by atoms with van der Waals surface area (Å²) in [6, 6.07) is 13.9. The molecule has 1 N–H and O–H groups in total. The molecule has 0 saturated heterocycles. The van der Waals surface area contributed by atoms with Crippen LogP contribution in [0.25, 0.3) is 0 Å². The Morgan fingerprint density at radius 3 is 2.47 bits per heavy atom. The third-order valence-corrected chi connectivity index (χ3v) is 4.64.